The molecule has 10 heteroatoms. The van der Waals surface area contributed by atoms with Crippen LogP contribution in [0.1, 0.15) is 22.5 Å². The number of alkyl halides is 2. The van der Waals surface area contributed by atoms with Crippen LogP contribution in [0.15, 0.2) is 36.5 Å². The van der Waals surface area contributed by atoms with Crippen LogP contribution in [0.4, 0.5) is 20.2 Å². The number of carbonyl (C=O) groups excluding carboxylic acids is 2. The van der Waals surface area contributed by atoms with E-state index in [1.807, 2.05) is 18.2 Å². The summed E-state index contributed by atoms with van der Waals surface area (Å²) in [5, 5.41) is 5.24. The third-order valence-electron chi connectivity index (χ3n) is 5.61. The number of rotatable bonds is 6. The highest BCUT2D eigenvalue weighted by atomic mass is 19.3. The second kappa shape index (κ2) is 9.47. The number of pyridine rings is 1. The van der Waals surface area contributed by atoms with Gasteiger partial charge in [-0.3, -0.25) is 14.5 Å². The molecule has 32 heavy (non-hydrogen) atoms. The van der Waals surface area contributed by atoms with Crippen LogP contribution < -0.4 is 20.3 Å². The van der Waals surface area contributed by atoms with Crippen molar-refractivity contribution in [2.45, 2.75) is 25.5 Å². The Balaban J connectivity index is 1.32. The average molecular weight is 445 g/mol. The molecule has 0 bridgehead atoms. The van der Waals surface area contributed by atoms with E-state index in [1.54, 1.807) is 25.4 Å². The minimum atomic E-state index is -2.60. The van der Waals surface area contributed by atoms with Crippen LogP contribution in [0.3, 0.4) is 0 Å². The van der Waals surface area contributed by atoms with Crippen LogP contribution in [0.5, 0.6) is 5.75 Å². The maximum absolute atomic E-state index is 12.6. The van der Waals surface area contributed by atoms with E-state index in [2.05, 4.69) is 25.4 Å². The number of hydrogen-bond donors (Lipinski definition) is 2. The quantitative estimate of drug-likeness (QED) is 0.709. The van der Waals surface area contributed by atoms with Crippen molar-refractivity contribution in [3.63, 3.8) is 0 Å². The Labute approximate surface area is 184 Å². The summed E-state index contributed by atoms with van der Waals surface area (Å²) in [5.41, 5.74) is 2.88. The van der Waals surface area contributed by atoms with Gasteiger partial charge >= 0.3 is 0 Å². The number of halogens is 2. The number of fused-ring (bicyclic) bond motifs is 1. The normalized spacial score (nSPS) is 18.7. The topological polar surface area (TPSA) is 86.8 Å². The zero-order valence-electron chi connectivity index (χ0n) is 17.7. The summed E-state index contributed by atoms with van der Waals surface area (Å²) in [4.78, 5) is 32.4. The summed E-state index contributed by atoms with van der Waals surface area (Å²) >= 11 is 0. The van der Waals surface area contributed by atoms with Crippen molar-refractivity contribution < 1.29 is 23.1 Å². The predicted molar refractivity (Wildman–Crippen MR) is 115 cm³/mol. The third-order valence-corrected chi connectivity index (χ3v) is 5.61. The van der Waals surface area contributed by atoms with Gasteiger partial charge < -0.3 is 20.3 Å². The molecule has 2 aromatic rings. The van der Waals surface area contributed by atoms with Gasteiger partial charge in [0.1, 0.15) is 11.4 Å². The molecule has 1 saturated heterocycles. The molecule has 0 aliphatic carbocycles. The number of ether oxygens (including phenoxy) is 1. The molecule has 0 saturated carbocycles. The van der Waals surface area contributed by atoms with Gasteiger partial charge in [0, 0.05) is 39.8 Å². The largest absolute Gasteiger partial charge is 0.478 e. The lowest BCUT2D eigenvalue weighted by Gasteiger charge is -2.36. The predicted octanol–water partition coefficient (Wildman–Crippen LogP) is 2.12. The highest BCUT2D eigenvalue weighted by Gasteiger charge is 2.30. The summed E-state index contributed by atoms with van der Waals surface area (Å²) in [6.07, 6.45) is -2.68. The first-order chi connectivity index (χ1) is 15.4. The Kier molecular flexibility index (Phi) is 6.50. The van der Waals surface area contributed by atoms with Crippen LogP contribution in [0.2, 0.25) is 0 Å². The average Bonchev–Trinajstić information content (AvgIpc) is 2.79. The van der Waals surface area contributed by atoms with E-state index in [-0.39, 0.29) is 5.91 Å². The molecule has 1 fully saturated rings. The first kappa shape index (κ1) is 21.9. The number of amides is 2. The molecule has 3 heterocycles. The minimum Gasteiger partial charge on any atom is -0.478 e. The summed E-state index contributed by atoms with van der Waals surface area (Å²) in [7, 11) is 1.57. The van der Waals surface area contributed by atoms with Crippen molar-refractivity contribution in [2.75, 3.05) is 43.4 Å². The monoisotopic (exact) mass is 445 g/mol. The maximum Gasteiger partial charge on any atom is 0.269 e. The summed E-state index contributed by atoms with van der Waals surface area (Å²) in [6.45, 7) is 4.02. The van der Waals surface area contributed by atoms with E-state index >= 15 is 0 Å². The number of anilines is 2. The highest BCUT2D eigenvalue weighted by molar-refractivity contribution is 5.97. The first-order valence-electron chi connectivity index (χ1n) is 10.5. The van der Waals surface area contributed by atoms with Gasteiger partial charge in [0.15, 0.2) is 6.10 Å². The molecule has 1 atom stereocenters. The highest BCUT2D eigenvalue weighted by Crippen LogP contribution is 2.32. The molecule has 2 amide bonds. The fourth-order valence-electron chi connectivity index (χ4n) is 3.87. The second-order valence-electron chi connectivity index (χ2n) is 7.80. The van der Waals surface area contributed by atoms with Crippen molar-refractivity contribution in [1.29, 1.82) is 0 Å². The zero-order chi connectivity index (χ0) is 22.7. The van der Waals surface area contributed by atoms with Gasteiger partial charge in [-0.1, -0.05) is 6.07 Å². The van der Waals surface area contributed by atoms with Gasteiger partial charge in [-0.25, -0.2) is 13.8 Å². The lowest BCUT2D eigenvalue weighted by molar-refractivity contribution is -0.125. The molecule has 1 aromatic carbocycles. The van der Waals surface area contributed by atoms with Gasteiger partial charge in [0.25, 0.3) is 11.8 Å². The van der Waals surface area contributed by atoms with E-state index in [0.717, 1.165) is 37.4 Å². The number of nitrogens with zero attached hydrogens (tertiary/aromatic N) is 3. The van der Waals surface area contributed by atoms with Crippen molar-refractivity contribution in [1.82, 2.24) is 15.2 Å². The van der Waals surface area contributed by atoms with Crippen molar-refractivity contribution >= 4 is 23.2 Å². The molecule has 0 radical (unpaired) electrons. The SMILES string of the molecule is CNC(=O)c1ccc(N2CCN(Cc3ccc4c(c3)NC(=O)[C@H](CC(F)F)O4)CC2)cn1. The van der Waals surface area contributed by atoms with E-state index in [9.17, 15) is 18.4 Å². The first-order valence-corrected chi connectivity index (χ1v) is 10.5. The Morgan fingerprint density at radius 1 is 1.25 bits per heavy atom. The molecular weight excluding hydrogens is 420 g/mol. The van der Waals surface area contributed by atoms with Gasteiger partial charge in [0.05, 0.1) is 24.0 Å². The lowest BCUT2D eigenvalue weighted by atomic mass is 10.1. The van der Waals surface area contributed by atoms with Crippen molar-refractivity contribution in [3.05, 3.63) is 47.8 Å². The van der Waals surface area contributed by atoms with Crippen LogP contribution in [-0.4, -0.2) is 67.5 Å². The fraction of sp³-hybridized carbons (Fsp3) is 0.409. The molecule has 170 valence electrons. The maximum atomic E-state index is 12.6. The molecular formula is C22H25F2N5O3. The van der Waals surface area contributed by atoms with E-state index < -0.39 is 24.9 Å². The molecule has 0 spiro atoms. The van der Waals surface area contributed by atoms with E-state index in [1.165, 1.54) is 0 Å². The molecule has 1 aromatic heterocycles. The van der Waals surface area contributed by atoms with Gasteiger partial charge in [-0.05, 0) is 29.8 Å². The molecule has 0 unspecified atom stereocenters. The number of benzene rings is 1. The van der Waals surface area contributed by atoms with Crippen LogP contribution >= 0.6 is 0 Å². The number of aromatic nitrogens is 1. The van der Waals surface area contributed by atoms with Crippen LogP contribution in [0, 0.1) is 0 Å². The number of piperazine rings is 1. The Morgan fingerprint density at radius 2 is 2.03 bits per heavy atom. The summed E-state index contributed by atoms with van der Waals surface area (Å²) in [5.74, 6) is -0.339. The number of nitrogens with one attached hydrogen (secondary N) is 2. The third kappa shape index (κ3) is 4.96. The Hall–Kier alpha value is -3.27. The lowest BCUT2D eigenvalue weighted by Crippen LogP contribution is -2.46. The number of hydrogen-bond acceptors (Lipinski definition) is 6. The van der Waals surface area contributed by atoms with Crippen molar-refractivity contribution in [2.24, 2.45) is 0 Å². The molecule has 2 N–H and O–H groups in total. The molecule has 2 aliphatic heterocycles. The number of carbonyl (C=O) groups is 2. The van der Waals surface area contributed by atoms with Crippen LogP contribution in [0.25, 0.3) is 0 Å². The van der Waals surface area contributed by atoms with Gasteiger partial charge in [-0.2, -0.15) is 0 Å². The smallest absolute Gasteiger partial charge is 0.269 e. The van der Waals surface area contributed by atoms with Gasteiger partial charge in [0.2, 0.25) is 6.43 Å². The second-order valence-corrected chi connectivity index (χ2v) is 7.80. The van der Waals surface area contributed by atoms with E-state index in [4.69, 9.17) is 4.74 Å². The molecule has 8 nitrogen and oxygen atoms in total. The molecule has 2 aliphatic rings. The Morgan fingerprint density at radius 3 is 2.69 bits per heavy atom. The fourth-order valence-corrected chi connectivity index (χ4v) is 3.87. The summed E-state index contributed by atoms with van der Waals surface area (Å²) < 4.78 is 30.7. The Bertz CT molecular complexity index is 978. The van der Waals surface area contributed by atoms with Gasteiger partial charge in [-0.15, -0.1) is 0 Å². The zero-order valence-corrected chi connectivity index (χ0v) is 17.7. The summed E-state index contributed by atoms with van der Waals surface area (Å²) in [6, 6.07) is 9.07. The van der Waals surface area contributed by atoms with Crippen molar-refractivity contribution in [3.8, 4) is 5.75 Å². The van der Waals surface area contributed by atoms with E-state index in [0.29, 0.717) is 23.7 Å². The molecule has 4 rings (SSSR count). The minimum absolute atomic E-state index is 0.211. The standard InChI is InChI=1S/C22H25F2N5O3/c1-25-21(30)16-4-3-15(12-26-16)29-8-6-28(7-9-29)13-14-2-5-18-17(10-14)27-22(31)19(32-18)11-20(23)24/h2-5,10,12,19-20H,6-9,11,13H2,1H3,(H,25,30)(H,27,31)/t19-/m0/s1. The van der Waals surface area contributed by atoms with Crippen LogP contribution in [-0.2, 0) is 11.3 Å².